The topological polar surface area (TPSA) is 55.1 Å². The Morgan fingerprint density at radius 1 is 1.46 bits per heavy atom. The highest BCUT2D eigenvalue weighted by Crippen LogP contribution is 2.04. The van der Waals surface area contributed by atoms with E-state index in [9.17, 15) is 4.79 Å². The summed E-state index contributed by atoms with van der Waals surface area (Å²) in [6, 6.07) is -0.156. The first-order valence-corrected chi connectivity index (χ1v) is 5.98. The second-order valence-electron chi connectivity index (χ2n) is 2.98. The molecule has 0 aromatic rings. The molecule has 3 N–H and O–H groups in total. The number of hydrogen-bond donors (Lipinski definition) is 2. The van der Waals surface area contributed by atoms with Crippen LogP contribution in [0.2, 0.25) is 0 Å². The van der Waals surface area contributed by atoms with E-state index in [4.69, 9.17) is 5.73 Å². The molecule has 0 radical (unpaired) electrons. The summed E-state index contributed by atoms with van der Waals surface area (Å²) in [6.07, 6.45) is 2.17. The van der Waals surface area contributed by atoms with Gasteiger partial charge in [-0.1, -0.05) is 13.8 Å². The molecular formula is C9H20N2OS. The van der Waals surface area contributed by atoms with Gasteiger partial charge in [0.15, 0.2) is 0 Å². The molecule has 0 aromatic carbocycles. The molecule has 0 saturated carbocycles. The Hall–Kier alpha value is -0.220. The van der Waals surface area contributed by atoms with Gasteiger partial charge < -0.3 is 11.1 Å². The smallest absolute Gasteiger partial charge is 0.235 e. The van der Waals surface area contributed by atoms with Crippen molar-refractivity contribution in [2.45, 2.75) is 32.7 Å². The molecule has 4 heteroatoms. The Morgan fingerprint density at radius 3 is 2.62 bits per heavy atom. The number of hydrogen-bond acceptors (Lipinski definition) is 3. The van der Waals surface area contributed by atoms with Gasteiger partial charge in [0, 0.05) is 5.75 Å². The normalized spacial score (nSPS) is 12.8. The number of primary amides is 1. The van der Waals surface area contributed by atoms with Crippen molar-refractivity contribution in [2.24, 2.45) is 5.73 Å². The van der Waals surface area contributed by atoms with Gasteiger partial charge in [0.25, 0.3) is 0 Å². The zero-order valence-electron chi connectivity index (χ0n) is 8.51. The summed E-state index contributed by atoms with van der Waals surface area (Å²) in [5.74, 6) is 1.65. The van der Waals surface area contributed by atoms with Crippen LogP contribution in [0.3, 0.4) is 0 Å². The first kappa shape index (κ1) is 12.8. The van der Waals surface area contributed by atoms with E-state index in [0.717, 1.165) is 30.9 Å². The maximum absolute atomic E-state index is 10.9. The fourth-order valence-electron chi connectivity index (χ4n) is 0.906. The second kappa shape index (κ2) is 8.38. The van der Waals surface area contributed by atoms with E-state index < -0.39 is 0 Å². The van der Waals surface area contributed by atoms with E-state index in [1.54, 1.807) is 11.8 Å². The summed E-state index contributed by atoms with van der Waals surface area (Å²) >= 11 is 1.78. The zero-order valence-corrected chi connectivity index (χ0v) is 9.32. The van der Waals surface area contributed by atoms with Crippen LogP contribution < -0.4 is 11.1 Å². The molecule has 0 aliphatic rings. The summed E-state index contributed by atoms with van der Waals surface area (Å²) < 4.78 is 0. The fourth-order valence-corrected chi connectivity index (χ4v) is 1.88. The summed E-state index contributed by atoms with van der Waals surface area (Å²) in [5, 5.41) is 3.13. The number of nitrogens with two attached hydrogens (primary N) is 1. The third kappa shape index (κ3) is 6.90. The molecule has 0 aromatic heterocycles. The second-order valence-corrected chi connectivity index (χ2v) is 4.13. The van der Waals surface area contributed by atoms with Crippen molar-refractivity contribution in [1.82, 2.24) is 5.32 Å². The molecule has 1 atom stereocenters. The molecule has 13 heavy (non-hydrogen) atoms. The van der Waals surface area contributed by atoms with Crippen LogP contribution in [0, 0.1) is 0 Å². The van der Waals surface area contributed by atoms with Crippen molar-refractivity contribution < 1.29 is 4.79 Å². The maximum atomic E-state index is 10.9. The minimum absolute atomic E-state index is 0.156. The molecule has 1 amide bonds. The summed E-state index contributed by atoms with van der Waals surface area (Å²) in [4.78, 5) is 10.9. The van der Waals surface area contributed by atoms with E-state index in [0.29, 0.717) is 0 Å². The van der Waals surface area contributed by atoms with Crippen molar-refractivity contribution in [3.8, 4) is 0 Å². The van der Waals surface area contributed by atoms with E-state index >= 15 is 0 Å². The predicted molar refractivity (Wildman–Crippen MR) is 58.9 cm³/mol. The molecule has 0 bridgehead atoms. The molecule has 0 rings (SSSR count). The van der Waals surface area contributed by atoms with Gasteiger partial charge in [-0.05, 0) is 25.1 Å². The number of thioether (sulfide) groups is 1. The van der Waals surface area contributed by atoms with Crippen molar-refractivity contribution >= 4 is 17.7 Å². The fraction of sp³-hybridized carbons (Fsp3) is 0.889. The van der Waals surface area contributed by atoms with Gasteiger partial charge in [-0.3, -0.25) is 4.79 Å². The van der Waals surface area contributed by atoms with Crippen LogP contribution in [0.15, 0.2) is 0 Å². The third-order valence-corrected chi connectivity index (χ3v) is 2.88. The molecule has 3 nitrogen and oxygen atoms in total. The van der Waals surface area contributed by atoms with Gasteiger partial charge in [-0.25, -0.2) is 0 Å². The van der Waals surface area contributed by atoms with Gasteiger partial charge in [0.05, 0.1) is 6.04 Å². The Kier molecular flexibility index (Phi) is 8.24. The standard InChI is InChI=1S/C9H20N2OS/c1-3-5-11-8(9(10)12)7-13-6-4-2/h8,11H,3-7H2,1-2H3,(H2,10,12). The van der Waals surface area contributed by atoms with Crippen LogP contribution in [-0.2, 0) is 4.79 Å². The third-order valence-electron chi connectivity index (χ3n) is 1.62. The summed E-state index contributed by atoms with van der Waals surface area (Å²) in [7, 11) is 0. The molecule has 1 unspecified atom stereocenters. The Balaban J connectivity index is 3.61. The quantitative estimate of drug-likeness (QED) is 0.580. The highest BCUT2D eigenvalue weighted by atomic mass is 32.2. The first-order valence-electron chi connectivity index (χ1n) is 4.82. The van der Waals surface area contributed by atoms with E-state index in [-0.39, 0.29) is 11.9 Å². The largest absolute Gasteiger partial charge is 0.368 e. The molecule has 0 heterocycles. The molecular weight excluding hydrogens is 184 g/mol. The zero-order chi connectivity index (χ0) is 10.1. The highest BCUT2D eigenvalue weighted by molar-refractivity contribution is 7.99. The van der Waals surface area contributed by atoms with E-state index in [2.05, 4.69) is 19.2 Å². The van der Waals surface area contributed by atoms with Gasteiger partial charge in [-0.2, -0.15) is 11.8 Å². The minimum Gasteiger partial charge on any atom is -0.368 e. The predicted octanol–water partition coefficient (Wildman–Crippen LogP) is 0.983. The molecule has 0 aliphatic carbocycles. The minimum atomic E-state index is -0.239. The Labute approximate surface area is 84.8 Å². The lowest BCUT2D eigenvalue weighted by Crippen LogP contribution is -2.43. The molecule has 0 saturated heterocycles. The lowest BCUT2D eigenvalue weighted by atomic mass is 10.3. The lowest BCUT2D eigenvalue weighted by molar-refractivity contribution is -0.119. The number of amides is 1. The summed E-state index contributed by atoms with van der Waals surface area (Å²) in [5.41, 5.74) is 5.24. The van der Waals surface area contributed by atoms with Crippen LogP contribution in [-0.4, -0.2) is 30.0 Å². The van der Waals surface area contributed by atoms with Crippen LogP contribution in [0.1, 0.15) is 26.7 Å². The molecule has 78 valence electrons. The van der Waals surface area contributed by atoms with E-state index in [1.807, 2.05) is 0 Å². The van der Waals surface area contributed by atoms with Gasteiger partial charge in [0.1, 0.15) is 0 Å². The monoisotopic (exact) mass is 204 g/mol. The molecule has 0 spiro atoms. The van der Waals surface area contributed by atoms with Gasteiger partial charge in [0.2, 0.25) is 5.91 Å². The van der Waals surface area contributed by atoms with Crippen molar-refractivity contribution in [1.29, 1.82) is 0 Å². The van der Waals surface area contributed by atoms with Crippen LogP contribution in [0.5, 0.6) is 0 Å². The number of carbonyl (C=O) groups is 1. The van der Waals surface area contributed by atoms with Crippen molar-refractivity contribution in [3.05, 3.63) is 0 Å². The van der Waals surface area contributed by atoms with Crippen LogP contribution in [0.4, 0.5) is 0 Å². The Bertz CT molecular complexity index is 142. The number of carbonyl (C=O) groups excluding carboxylic acids is 1. The van der Waals surface area contributed by atoms with Gasteiger partial charge in [-0.15, -0.1) is 0 Å². The van der Waals surface area contributed by atoms with Crippen LogP contribution >= 0.6 is 11.8 Å². The van der Waals surface area contributed by atoms with Gasteiger partial charge >= 0.3 is 0 Å². The first-order chi connectivity index (χ1) is 6.22. The molecule has 0 aliphatic heterocycles. The SMILES string of the molecule is CCCNC(CSCCC)C(N)=O. The van der Waals surface area contributed by atoms with Crippen molar-refractivity contribution in [3.63, 3.8) is 0 Å². The Morgan fingerprint density at radius 2 is 2.15 bits per heavy atom. The summed E-state index contributed by atoms with van der Waals surface area (Å²) in [6.45, 7) is 5.07. The number of rotatable bonds is 8. The average molecular weight is 204 g/mol. The molecule has 0 fully saturated rings. The number of nitrogens with one attached hydrogen (secondary N) is 1. The average Bonchev–Trinajstić information content (AvgIpc) is 2.10. The lowest BCUT2D eigenvalue weighted by Gasteiger charge is -2.13. The highest BCUT2D eigenvalue weighted by Gasteiger charge is 2.12. The maximum Gasteiger partial charge on any atom is 0.235 e. The van der Waals surface area contributed by atoms with Crippen molar-refractivity contribution in [2.75, 3.05) is 18.1 Å². The van der Waals surface area contributed by atoms with E-state index in [1.165, 1.54) is 0 Å². The van der Waals surface area contributed by atoms with Crippen LogP contribution in [0.25, 0.3) is 0 Å².